The Bertz CT molecular complexity index is 913. The molecule has 1 aromatic carbocycles. The summed E-state index contributed by atoms with van der Waals surface area (Å²) >= 11 is 0. The van der Waals surface area contributed by atoms with Crippen molar-refractivity contribution in [3.05, 3.63) is 54.1 Å². The molecule has 0 amide bonds. The smallest absolute Gasteiger partial charge is 0.185 e. The van der Waals surface area contributed by atoms with Crippen molar-refractivity contribution in [2.75, 3.05) is 13.1 Å². The molecular weight excluding hydrogens is 323 g/mol. The largest absolute Gasteiger partial charge is 0.507 e. The van der Waals surface area contributed by atoms with Crippen LogP contribution in [0.15, 0.2) is 42.6 Å². The van der Waals surface area contributed by atoms with E-state index >= 15 is 0 Å². The zero-order valence-corrected chi connectivity index (χ0v) is 13.2. The lowest BCUT2D eigenvalue weighted by atomic mass is 10.1. The molecule has 0 aliphatic carbocycles. The first-order valence-corrected chi connectivity index (χ1v) is 7.82. The SMILES string of the molecule is Oc1cc(-n2ccnc2)c(F)cc1-c1ncc(/C=C2/CCNC2)nn1. The van der Waals surface area contributed by atoms with Gasteiger partial charge in [-0.1, -0.05) is 5.57 Å². The van der Waals surface area contributed by atoms with E-state index in [-0.39, 0.29) is 22.8 Å². The molecule has 0 bridgehead atoms. The van der Waals surface area contributed by atoms with Crippen LogP contribution >= 0.6 is 0 Å². The number of imidazole rings is 1. The number of nitrogens with one attached hydrogen (secondary N) is 1. The highest BCUT2D eigenvalue weighted by Gasteiger charge is 2.15. The minimum atomic E-state index is -0.516. The predicted octanol–water partition coefficient (Wildman–Crippen LogP) is 1.95. The minimum absolute atomic E-state index is 0.127. The van der Waals surface area contributed by atoms with E-state index in [1.54, 1.807) is 12.4 Å². The van der Waals surface area contributed by atoms with Crippen molar-refractivity contribution < 1.29 is 9.50 Å². The molecule has 3 heterocycles. The molecule has 1 saturated heterocycles. The summed E-state index contributed by atoms with van der Waals surface area (Å²) in [4.78, 5) is 8.07. The highest BCUT2D eigenvalue weighted by atomic mass is 19.1. The summed E-state index contributed by atoms with van der Waals surface area (Å²) in [7, 11) is 0. The van der Waals surface area contributed by atoms with E-state index in [1.807, 2.05) is 6.08 Å². The Morgan fingerprint density at radius 1 is 1.28 bits per heavy atom. The highest BCUT2D eigenvalue weighted by molar-refractivity contribution is 5.66. The number of rotatable bonds is 3. The summed E-state index contributed by atoms with van der Waals surface area (Å²) in [5.74, 6) is -0.476. The van der Waals surface area contributed by atoms with E-state index in [4.69, 9.17) is 0 Å². The molecule has 0 radical (unpaired) electrons. The maximum atomic E-state index is 14.4. The molecule has 1 fully saturated rings. The molecule has 0 spiro atoms. The molecule has 7 nitrogen and oxygen atoms in total. The highest BCUT2D eigenvalue weighted by Crippen LogP contribution is 2.30. The molecule has 4 rings (SSSR count). The second-order valence-electron chi connectivity index (χ2n) is 5.73. The van der Waals surface area contributed by atoms with E-state index in [1.165, 1.54) is 34.8 Å². The molecule has 25 heavy (non-hydrogen) atoms. The van der Waals surface area contributed by atoms with Crippen LogP contribution in [-0.2, 0) is 0 Å². The first-order valence-electron chi connectivity index (χ1n) is 7.82. The second-order valence-corrected chi connectivity index (χ2v) is 5.73. The Kier molecular flexibility index (Phi) is 3.95. The molecule has 0 unspecified atom stereocenters. The third-order valence-corrected chi connectivity index (χ3v) is 3.99. The van der Waals surface area contributed by atoms with E-state index in [9.17, 15) is 9.50 Å². The molecule has 3 aromatic rings. The second kappa shape index (κ2) is 6.40. The number of nitrogens with zero attached hydrogens (tertiary/aromatic N) is 5. The van der Waals surface area contributed by atoms with Crippen LogP contribution in [0.1, 0.15) is 12.1 Å². The Balaban J connectivity index is 1.65. The normalized spacial score (nSPS) is 15.8. The topological polar surface area (TPSA) is 88.8 Å². The Labute approximate surface area is 142 Å². The number of hydrogen-bond donors (Lipinski definition) is 2. The Morgan fingerprint density at radius 2 is 2.20 bits per heavy atom. The lowest BCUT2D eigenvalue weighted by molar-refractivity contribution is 0.474. The fourth-order valence-corrected chi connectivity index (χ4v) is 2.72. The average Bonchev–Trinajstić information content (AvgIpc) is 3.31. The van der Waals surface area contributed by atoms with Gasteiger partial charge in [-0.15, -0.1) is 10.2 Å². The number of hydrogen-bond acceptors (Lipinski definition) is 6. The lowest BCUT2D eigenvalue weighted by Gasteiger charge is -2.08. The van der Waals surface area contributed by atoms with Crippen LogP contribution in [0.3, 0.4) is 0 Å². The van der Waals surface area contributed by atoms with Gasteiger partial charge in [-0.05, 0) is 25.1 Å². The van der Waals surface area contributed by atoms with Crippen molar-refractivity contribution in [3.63, 3.8) is 0 Å². The monoisotopic (exact) mass is 338 g/mol. The molecule has 2 N–H and O–H groups in total. The van der Waals surface area contributed by atoms with Gasteiger partial charge in [0.25, 0.3) is 0 Å². The van der Waals surface area contributed by atoms with Crippen LogP contribution in [0.5, 0.6) is 5.75 Å². The third-order valence-electron chi connectivity index (χ3n) is 3.99. The first-order chi connectivity index (χ1) is 12.2. The van der Waals surface area contributed by atoms with Gasteiger partial charge in [-0.25, -0.2) is 14.4 Å². The van der Waals surface area contributed by atoms with Crippen LogP contribution in [0.4, 0.5) is 4.39 Å². The Hall–Kier alpha value is -3.13. The summed E-state index contributed by atoms with van der Waals surface area (Å²) in [5, 5.41) is 21.6. The fourth-order valence-electron chi connectivity index (χ4n) is 2.72. The number of halogens is 1. The zero-order chi connectivity index (χ0) is 17.2. The fraction of sp³-hybridized carbons (Fsp3) is 0.176. The van der Waals surface area contributed by atoms with Crippen LogP contribution in [-0.4, -0.2) is 42.9 Å². The van der Waals surface area contributed by atoms with Gasteiger partial charge in [0.15, 0.2) is 5.82 Å². The van der Waals surface area contributed by atoms with Crippen LogP contribution < -0.4 is 5.32 Å². The summed E-state index contributed by atoms with van der Waals surface area (Å²) in [6, 6.07) is 2.51. The number of benzene rings is 1. The molecule has 0 saturated carbocycles. The Morgan fingerprint density at radius 3 is 2.88 bits per heavy atom. The number of phenolic OH excluding ortho intramolecular Hbond substituents is 1. The number of aromatic hydroxyl groups is 1. The lowest BCUT2D eigenvalue weighted by Crippen LogP contribution is -2.04. The van der Waals surface area contributed by atoms with E-state index in [2.05, 4.69) is 25.5 Å². The van der Waals surface area contributed by atoms with Crippen molar-refractivity contribution in [1.82, 2.24) is 30.0 Å². The minimum Gasteiger partial charge on any atom is -0.507 e. The van der Waals surface area contributed by atoms with Crippen molar-refractivity contribution >= 4 is 6.08 Å². The van der Waals surface area contributed by atoms with E-state index < -0.39 is 5.82 Å². The molecule has 8 heteroatoms. The summed E-state index contributed by atoms with van der Waals surface area (Å²) in [6.07, 6.45) is 9.06. The maximum absolute atomic E-state index is 14.4. The average molecular weight is 338 g/mol. The standard InChI is InChI=1S/C17H15FN6O/c18-14-6-13(16(25)7-15(14)24-4-3-20-10-24)17-21-9-12(22-23-17)5-11-1-2-19-8-11/h3-7,9-10,19,25H,1-2,8H2/b11-5-. The van der Waals surface area contributed by atoms with Gasteiger partial charge in [0, 0.05) is 25.0 Å². The zero-order valence-electron chi connectivity index (χ0n) is 13.2. The molecule has 2 aromatic heterocycles. The molecule has 1 aliphatic heterocycles. The summed E-state index contributed by atoms with van der Waals surface area (Å²) in [6.45, 7) is 1.80. The van der Waals surface area contributed by atoms with Gasteiger partial charge in [0.05, 0.1) is 23.8 Å². The third kappa shape index (κ3) is 3.11. The van der Waals surface area contributed by atoms with Crippen LogP contribution in [0.25, 0.3) is 23.2 Å². The van der Waals surface area contributed by atoms with Gasteiger partial charge in [0.1, 0.15) is 17.3 Å². The molecule has 126 valence electrons. The van der Waals surface area contributed by atoms with Crippen molar-refractivity contribution in [1.29, 1.82) is 0 Å². The van der Waals surface area contributed by atoms with Crippen molar-refractivity contribution in [3.8, 4) is 22.8 Å². The van der Waals surface area contributed by atoms with Crippen LogP contribution in [0, 0.1) is 5.82 Å². The summed E-state index contributed by atoms with van der Waals surface area (Å²) in [5.41, 5.74) is 2.26. The number of phenols is 1. The number of aromatic nitrogens is 5. The summed E-state index contributed by atoms with van der Waals surface area (Å²) < 4.78 is 15.9. The van der Waals surface area contributed by atoms with E-state index in [0.29, 0.717) is 5.69 Å². The maximum Gasteiger partial charge on any atom is 0.185 e. The van der Waals surface area contributed by atoms with Gasteiger partial charge < -0.3 is 15.0 Å². The molecule has 1 aliphatic rings. The van der Waals surface area contributed by atoms with Crippen molar-refractivity contribution in [2.45, 2.75) is 6.42 Å². The van der Waals surface area contributed by atoms with Gasteiger partial charge in [0.2, 0.25) is 0 Å². The molecular formula is C17H15FN6O. The van der Waals surface area contributed by atoms with Gasteiger partial charge in [-0.3, -0.25) is 0 Å². The van der Waals surface area contributed by atoms with Crippen LogP contribution in [0.2, 0.25) is 0 Å². The van der Waals surface area contributed by atoms with Crippen molar-refractivity contribution in [2.24, 2.45) is 0 Å². The first kappa shape index (κ1) is 15.4. The molecule has 0 atom stereocenters. The quantitative estimate of drug-likeness (QED) is 0.759. The van der Waals surface area contributed by atoms with Gasteiger partial charge in [-0.2, -0.15) is 0 Å². The van der Waals surface area contributed by atoms with Gasteiger partial charge >= 0.3 is 0 Å². The van der Waals surface area contributed by atoms with E-state index in [0.717, 1.165) is 19.5 Å². The predicted molar refractivity (Wildman–Crippen MR) is 89.5 cm³/mol.